The number of nitrogens with zero attached hydrogens (tertiary/aromatic N) is 4. The molecule has 44 heavy (non-hydrogen) atoms. The molecule has 2 aliphatic rings. The number of hydrogen-bond acceptors (Lipinski definition) is 10. The number of ketones is 2. The van der Waals surface area contributed by atoms with Crippen LogP contribution in [0.1, 0.15) is 31.8 Å². The second-order valence-electron chi connectivity index (χ2n) is 9.93. The molecule has 0 amide bonds. The van der Waals surface area contributed by atoms with Crippen LogP contribution < -0.4 is 10.9 Å². The first-order valence-corrected chi connectivity index (χ1v) is 15.1. The molecule has 0 aliphatic heterocycles. The maximum absolute atomic E-state index is 13.2. The summed E-state index contributed by atoms with van der Waals surface area (Å²) < 4.78 is 28.5. The SMILES string of the molecule is O=C1/C(=N\Nc2nc3ccccc3s2)Cc2cc(F)ccc21.O=C1/C(=N\Nc2nc3ccccc3s2)Cc2ccc(F)cc21. The molecular formula is C32H20F2N6O2S2. The number of benzene rings is 4. The standard InChI is InChI=1S/2C16H10FN3OS/c17-10-5-6-11-9(7-10)8-13(15(11)21)19-20-16-18-12-3-1-2-4-14(12)22-16;17-10-6-5-9-7-13(15(21)11(9)8-10)19-20-16-18-12-3-1-2-4-14(12)22-16/h1-7H,8H2,(H,18,20);1-6,8H,7H2,(H,18,20)/b2*19-13-. The fraction of sp³-hybridized carbons (Fsp3) is 0.0625. The molecule has 0 unspecified atom stereocenters. The highest BCUT2D eigenvalue weighted by molar-refractivity contribution is 7.22. The average molecular weight is 623 g/mol. The lowest BCUT2D eigenvalue weighted by molar-refractivity contribution is 0.106. The number of anilines is 2. The summed E-state index contributed by atoms with van der Waals surface area (Å²) in [5.41, 5.74) is 10.6. The third-order valence-electron chi connectivity index (χ3n) is 7.03. The molecule has 0 spiro atoms. The predicted molar refractivity (Wildman–Crippen MR) is 170 cm³/mol. The average Bonchev–Trinajstić information content (AvgIpc) is 3.78. The van der Waals surface area contributed by atoms with E-state index in [4.69, 9.17) is 0 Å². The predicted octanol–water partition coefficient (Wildman–Crippen LogP) is 7.28. The maximum Gasteiger partial charge on any atom is 0.209 e. The summed E-state index contributed by atoms with van der Waals surface area (Å²) in [4.78, 5) is 33.2. The van der Waals surface area contributed by atoms with E-state index in [0.29, 0.717) is 51.2 Å². The van der Waals surface area contributed by atoms with Gasteiger partial charge in [-0.25, -0.2) is 18.7 Å². The zero-order valence-electron chi connectivity index (χ0n) is 22.7. The molecule has 12 heteroatoms. The lowest BCUT2D eigenvalue weighted by Gasteiger charge is -1.95. The van der Waals surface area contributed by atoms with Crippen molar-refractivity contribution in [2.75, 3.05) is 10.9 Å². The molecular weight excluding hydrogens is 603 g/mol. The van der Waals surface area contributed by atoms with E-state index >= 15 is 0 Å². The molecule has 0 saturated heterocycles. The van der Waals surface area contributed by atoms with Crippen LogP contribution in [0.2, 0.25) is 0 Å². The van der Waals surface area contributed by atoms with Crippen LogP contribution in [0.5, 0.6) is 0 Å². The number of nitrogens with one attached hydrogen (secondary N) is 2. The largest absolute Gasteiger partial charge is 0.287 e. The maximum atomic E-state index is 13.2. The van der Waals surface area contributed by atoms with Gasteiger partial charge in [-0.1, -0.05) is 53.0 Å². The number of Topliss-reactive ketones (excluding diaryl/α,β-unsaturated/α-hetero) is 2. The van der Waals surface area contributed by atoms with Crippen molar-refractivity contribution in [3.8, 4) is 0 Å². The number of aromatic nitrogens is 2. The van der Waals surface area contributed by atoms with E-state index < -0.39 is 5.82 Å². The van der Waals surface area contributed by atoms with Gasteiger partial charge in [-0.15, -0.1) is 0 Å². The van der Waals surface area contributed by atoms with Gasteiger partial charge >= 0.3 is 0 Å². The van der Waals surface area contributed by atoms with Crippen molar-refractivity contribution < 1.29 is 18.4 Å². The van der Waals surface area contributed by atoms with Gasteiger partial charge in [-0.05, 0) is 65.7 Å². The van der Waals surface area contributed by atoms with Crippen molar-refractivity contribution in [2.45, 2.75) is 12.8 Å². The first-order chi connectivity index (χ1) is 21.4. The fourth-order valence-corrected chi connectivity index (χ4v) is 6.54. The molecule has 2 aromatic heterocycles. The van der Waals surface area contributed by atoms with E-state index in [1.54, 1.807) is 6.07 Å². The third kappa shape index (κ3) is 5.48. The van der Waals surface area contributed by atoms with Gasteiger partial charge in [0.15, 0.2) is 0 Å². The fourth-order valence-electron chi connectivity index (χ4n) is 4.93. The number of hydrazone groups is 2. The number of carbonyl (C=O) groups is 2. The molecule has 8 nitrogen and oxygen atoms in total. The summed E-state index contributed by atoms with van der Waals surface area (Å²) in [5, 5.41) is 9.57. The quantitative estimate of drug-likeness (QED) is 0.200. The van der Waals surface area contributed by atoms with Crippen molar-refractivity contribution in [1.82, 2.24) is 9.97 Å². The summed E-state index contributed by atoms with van der Waals surface area (Å²) >= 11 is 2.94. The Morgan fingerprint density at radius 1 is 0.614 bits per heavy atom. The normalized spacial score (nSPS) is 15.5. The van der Waals surface area contributed by atoms with Crippen LogP contribution in [0, 0.1) is 11.6 Å². The summed E-state index contributed by atoms with van der Waals surface area (Å²) in [6, 6.07) is 24.0. The van der Waals surface area contributed by atoms with Crippen molar-refractivity contribution in [3.63, 3.8) is 0 Å². The summed E-state index contributed by atoms with van der Waals surface area (Å²) in [7, 11) is 0. The highest BCUT2D eigenvalue weighted by Gasteiger charge is 2.28. The van der Waals surface area contributed by atoms with Crippen molar-refractivity contribution in [3.05, 3.63) is 119 Å². The van der Waals surface area contributed by atoms with Gasteiger partial charge in [-0.2, -0.15) is 10.2 Å². The Balaban J connectivity index is 0.000000142. The van der Waals surface area contributed by atoms with Crippen LogP contribution in [0.15, 0.2) is 95.1 Å². The van der Waals surface area contributed by atoms with Crippen molar-refractivity contribution in [1.29, 1.82) is 0 Å². The number of carbonyl (C=O) groups excluding carboxylic acids is 2. The monoisotopic (exact) mass is 622 g/mol. The smallest absolute Gasteiger partial charge is 0.209 e. The molecule has 2 N–H and O–H groups in total. The van der Waals surface area contributed by atoms with Gasteiger partial charge in [-0.3, -0.25) is 20.4 Å². The zero-order valence-corrected chi connectivity index (χ0v) is 24.3. The van der Waals surface area contributed by atoms with Gasteiger partial charge in [0.05, 0.1) is 20.4 Å². The van der Waals surface area contributed by atoms with E-state index in [1.165, 1.54) is 53.0 Å². The molecule has 8 rings (SSSR count). The van der Waals surface area contributed by atoms with Gasteiger partial charge in [0, 0.05) is 24.0 Å². The number of thiazole rings is 2. The summed E-state index contributed by atoms with van der Waals surface area (Å²) in [6.45, 7) is 0. The van der Waals surface area contributed by atoms with Gasteiger partial charge in [0.2, 0.25) is 21.8 Å². The van der Waals surface area contributed by atoms with Crippen LogP contribution >= 0.6 is 22.7 Å². The van der Waals surface area contributed by atoms with Gasteiger partial charge in [0.25, 0.3) is 0 Å². The Hall–Kier alpha value is -5.20. The van der Waals surface area contributed by atoms with E-state index in [-0.39, 0.29) is 17.4 Å². The molecule has 0 saturated carbocycles. The minimum absolute atomic E-state index is 0.163. The Morgan fingerprint density at radius 3 is 1.75 bits per heavy atom. The highest BCUT2D eigenvalue weighted by atomic mass is 32.1. The molecule has 2 aliphatic carbocycles. The van der Waals surface area contributed by atoms with Crippen LogP contribution in [0.25, 0.3) is 20.4 Å². The molecule has 4 aromatic carbocycles. The molecule has 0 atom stereocenters. The van der Waals surface area contributed by atoms with Crippen LogP contribution in [0.4, 0.5) is 19.0 Å². The molecule has 216 valence electrons. The second-order valence-corrected chi connectivity index (χ2v) is 12.0. The highest BCUT2D eigenvalue weighted by Crippen LogP contribution is 2.28. The van der Waals surface area contributed by atoms with E-state index in [2.05, 4.69) is 31.0 Å². The molecule has 0 bridgehead atoms. The van der Waals surface area contributed by atoms with Crippen LogP contribution in [0.3, 0.4) is 0 Å². The Kier molecular flexibility index (Phi) is 7.20. The Labute approximate surface area is 256 Å². The first-order valence-electron chi connectivity index (χ1n) is 13.4. The minimum atomic E-state index is -0.410. The summed E-state index contributed by atoms with van der Waals surface area (Å²) in [6.07, 6.45) is 0.746. The van der Waals surface area contributed by atoms with Crippen LogP contribution in [-0.4, -0.2) is 33.0 Å². The number of halogens is 2. The third-order valence-corrected chi connectivity index (χ3v) is 8.91. The lowest BCUT2D eigenvalue weighted by Crippen LogP contribution is -2.10. The Bertz CT molecular complexity index is 2030. The van der Waals surface area contributed by atoms with E-state index in [1.807, 2.05) is 48.5 Å². The zero-order chi connectivity index (χ0) is 30.2. The molecule has 2 heterocycles. The number of hydrogen-bond donors (Lipinski definition) is 2. The molecule has 0 radical (unpaired) electrons. The number of rotatable bonds is 4. The van der Waals surface area contributed by atoms with Crippen LogP contribution in [-0.2, 0) is 12.8 Å². The number of para-hydroxylation sites is 2. The minimum Gasteiger partial charge on any atom is -0.287 e. The lowest BCUT2D eigenvalue weighted by atomic mass is 10.1. The van der Waals surface area contributed by atoms with E-state index in [9.17, 15) is 18.4 Å². The first kappa shape index (κ1) is 27.6. The summed E-state index contributed by atoms with van der Waals surface area (Å²) in [5.74, 6) is -1.15. The number of fused-ring (bicyclic) bond motifs is 4. The molecule has 0 fully saturated rings. The van der Waals surface area contributed by atoms with Crippen molar-refractivity contribution in [2.24, 2.45) is 10.2 Å². The topological polar surface area (TPSA) is 109 Å². The van der Waals surface area contributed by atoms with Gasteiger partial charge in [0.1, 0.15) is 23.1 Å². The van der Waals surface area contributed by atoms with Crippen molar-refractivity contribution >= 4 is 76.4 Å². The van der Waals surface area contributed by atoms with E-state index in [0.717, 1.165) is 26.0 Å². The van der Waals surface area contributed by atoms with Gasteiger partial charge < -0.3 is 0 Å². The second kappa shape index (κ2) is 11.5. The molecule has 6 aromatic rings. The Morgan fingerprint density at radius 2 is 1.14 bits per heavy atom.